The summed E-state index contributed by atoms with van der Waals surface area (Å²) < 4.78 is 79.1. The van der Waals surface area contributed by atoms with Crippen molar-refractivity contribution in [1.29, 1.82) is 0 Å². The highest BCUT2D eigenvalue weighted by molar-refractivity contribution is 7.86. The largest absolute Gasteiger partial charge is 0.456 e. The van der Waals surface area contributed by atoms with E-state index in [-0.39, 0.29) is 32.7 Å². The second-order valence-electron chi connectivity index (χ2n) is 13.5. The molecule has 4 aromatic rings. The number of aryl methyl sites for hydroxylation is 4. The van der Waals surface area contributed by atoms with Gasteiger partial charge in [-0.15, -0.1) is 0 Å². The van der Waals surface area contributed by atoms with Gasteiger partial charge in [0.25, 0.3) is 20.2 Å². The van der Waals surface area contributed by atoms with Crippen LogP contribution in [0.4, 0.5) is 28.4 Å². The SMILES string of the molecule is CCNc1c(C)cc(C)c(N=c2cc3oc4cc(Nc5c(C)cc(C)c(NCC)c5C)ccc4c(-c4ccccc4S(=O)(=O)O)c-3cc2S(=O)(=O)O)c1C. The van der Waals surface area contributed by atoms with Crippen LogP contribution >= 0.6 is 0 Å². The molecule has 1 heterocycles. The predicted molar refractivity (Wildman–Crippen MR) is 216 cm³/mol. The molecule has 1 aliphatic carbocycles. The number of nitrogens with one attached hydrogen (secondary N) is 3. The van der Waals surface area contributed by atoms with E-state index in [1.54, 1.807) is 18.2 Å². The van der Waals surface area contributed by atoms with Crippen LogP contribution in [0.3, 0.4) is 0 Å². The first-order valence-corrected chi connectivity index (χ1v) is 20.4. The second-order valence-corrected chi connectivity index (χ2v) is 16.3. The van der Waals surface area contributed by atoms with Crippen molar-refractivity contribution >= 4 is 59.6 Å². The molecular weight excluding hydrogens is 725 g/mol. The molecule has 2 aliphatic rings. The molecule has 0 aromatic heterocycles. The minimum absolute atomic E-state index is 0.0734. The molecule has 0 saturated heterocycles. The average Bonchev–Trinajstić information content (AvgIpc) is 3.10. The van der Waals surface area contributed by atoms with Crippen LogP contribution in [0.25, 0.3) is 33.4 Å². The van der Waals surface area contributed by atoms with Gasteiger partial charge in [0.2, 0.25) is 0 Å². The maximum absolute atomic E-state index is 13.1. The van der Waals surface area contributed by atoms with E-state index in [9.17, 15) is 25.9 Å². The average molecular weight is 769 g/mol. The smallest absolute Gasteiger partial charge is 0.296 e. The van der Waals surface area contributed by atoms with Crippen molar-refractivity contribution in [2.75, 3.05) is 29.0 Å². The Morgan fingerprint density at radius 3 is 1.87 bits per heavy atom. The lowest BCUT2D eigenvalue weighted by Crippen LogP contribution is -2.16. The highest BCUT2D eigenvalue weighted by Gasteiger charge is 2.27. The summed E-state index contributed by atoms with van der Waals surface area (Å²) in [4.78, 5) is 3.93. The summed E-state index contributed by atoms with van der Waals surface area (Å²) in [5, 5.41) is 10.7. The molecule has 0 spiro atoms. The monoisotopic (exact) mass is 768 g/mol. The molecule has 282 valence electrons. The minimum Gasteiger partial charge on any atom is -0.456 e. The van der Waals surface area contributed by atoms with Crippen LogP contribution in [-0.4, -0.2) is 39.0 Å². The topological polar surface area (TPSA) is 170 Å². The van der Waals surface area contributed by atoms with Gasteiger partial charge >= 0.3 is 0 Å². The van der Waals surface area contributed by atoms with E-state index in [1.807, 2.05) is 60.6 Å². The Morgan fingerprint density at radius 2 is 1.24 bits per heavy atom. The Kier molecular flexibility index (Phi) is 10.4. The van der Waals surface area contributed by atoms with Crippen LogP contribution in [0, 0.1) is 41.5 Å². The lowest BCUT2D eigenvalue weighted by Gasteiger charge is -2.21. The summed E-state index contributed by atoms with van der Waals surface area (Å²) in [7, 11) is -9.62. The van der Waals surface area contributed by atoms with Gasteiger partial charge in [0.1, 0.15) is 21.1 Å². The normalized spacial score (nSPS) is 12.4. The molecule has 0 amide bonds. The minimum atomic E-state index is -4.88. The van der Waals surface area contributed by atoms with Crippen LogP contribution in [0.15, 0.2) is 85.9 Å². The fraction of sp³-hybridized carbons (Fsp3) is 0.244. The summed E-state index contributed by atoms with van der Waals surface area (Å²) in [5.41, 5.74) is 10.7. The molecule has 1 aliphatic heterocycles. The fourth-order valence-corrected chi connectivity index (χ4v) is 8.69. The lowest BCUT2D eigenvalue weighted by atomic mass is 9.93. The van der Waals surface area contributed by atoms with E-state index in [4.69, 9.17) is 9.41 Å². The maximum Gasteiger partial charge on any atom is 0.296 e. The summed E-state index contributed by atoms with van der Waals surface area (Å²) in [6.45, 7) is 17.3. The van der Waals surface area contributed by atoms with Gasteiger partial charge in [-0.25, -0.2) is 4.99 Å². The quantitative estimate of drug-likeness (QED) is 0.0668. The van der Waals surface area contributed by atoms with Crippen molar-refractivity contribution in [2.24, 2.45) is 4.99 Å². The van der Waals surface area contributed by atoms with Crippen LogP contribution in [-0.2, 0) is 20.2 Å². The Balaban J connectivity index is 1.71. The third-order valence-corrected chi connectivity index (χ3v) is 11.4. The molecule has 0 atom stereocenters. The lowest BCUT2D eigenvalue weighted by molar-refractivity contribution is 0.480. The number of fused-ring (bicyclic) bond motifs is 2. The summed E-state index contributed by atoms with van der Waals surface area (Å²) >= 11 is 0. The van der Waals surface area contributed by atoms with Crippen molar-refractivity contribution in [3.8, 4) is 22.5 Å². The zero-order valence-corrected chi connectivity index (χ0v) is 33.1. The highest BCUT2D eigenvalue weighted by atomic mass is 32.2. The first-order valence-electron chi connectivity index (χ1n) is 17.5. The molecule has 4 aromatic carbocycles. The number of rotatable bonds is 10. The fourth-order valence-electron chi connectivity index (χ4n) is 7.35. The molecule has 0 radical (unpaired) electrons. The number of nitrogens with zero attached hydrogens (tertiary/aromatic N) is 1. The van der Waals surface area contributed by atoms with E-state index >= 15 is 0 Å². The molecule has 6 rings (SSSR count). The van der Waals surface area contributed by atoms with Crippen LogP contribution in [0.2, 0.25) is 0 Å². The Morgan fingerprint density at radius 1 is 0.648 bits per heavy atom. The van der Waals surface area contributed by atoms with Crippen molar-refractivity contribution in [1.82, 2.24) is 0 Å². The molecule has 11 nitrogen and oxygen atoms in total. The molecule has 54 heavy (non-hydrogen) atoms. The van der Waals surface area contributed by atoms with Gasteiger partial charge in [-0.3, -0.25) is 9.11 Å². The zero-order valence-electron chi connectivity index (χ0n) is 31.5. The predicted octanol–water partition coefficient (Wildman–Crippen LogP) is 9.39. The standard InChI is InChI=1S/C41H44N4O7S2/c1-9-42-38-22(3)17-24(5)40(26(38)7)44-28-15-16-29-33(19-28)52-34-21-32(45-41-25(6)18-23(4)39(27(41)8)43-10-2)36(54(49,50)51)20-31(34)37(29)30-13-11-12-14-35(30)53(46,47)48/h11-21,42-44H,9-10H2,1-8H3,(H,46,47,48)(H,49,50,51). The van der Waals surface area contributed by atoms with Crippen LogP contribution < -0.4 is 21.3 Å². The van der Waals surface area contributed by atoms with Crippen molar-refractivity contribution in [3.05, 3.63) is 105 Å². The van der Waals surface area contributed by atoms with E-state index in [1.165, 1.54) is 30.3 Å². The highest BCUT2D eigenvalue weighted by Crippen LogP contribution is 2.44. The Bertz CT molecular complexity index is 2740. The number of benzene rings is 5. The Hall–Kier alpha value is -5.21. The van der Waals surface area contributed by atoms with Gasteiger partial charge in [-0.2, -0.15) is 16.8 Å². The van der Waals surface area contributed by atoms with E-state index in [0.29, 0.717) is 28.9 Å². The molecule has 0 saturated carbocycles. The van der Waals surface area contributed by atoms with E-state index in [2.05, 4.69) is 28.9 Å². The van der Waals surface area contributed by atoms with Crippen molar-refractivity contribution in [3.63, 3.8) is 0 Å². The zero-order chi connectivity index (χ0) is 39.3. The molecule has 5 N–H and O–H groups in total. The number of hydrogen-bond acceptors (Lipinski definition) is 9. The van der Waals surface area contributed by atoms with Crippen molar-refractivity contribution < 1.29 is 30.4 Å². The molecule has 0 bridgehead atoms. The summed E-state index contributed by atoms with van der Waals surface area (Å²) in [6, 6.07) is 18.0. The first-order chi connectivity index (χ1) is 25.4. The first kappa shape index (κ1) is 38.5. The van der Waals surface area contributed by atoms with Gasteiger partial charge in [-0.1, -0.05) is 30.3 Å². The van der Waals surface area contributed by atoms with Gasteiger partial charge in [0, 0.05) is 70.0 Å². The molecule has 0 unspecified atom stereocenters. The summed E-state index contributed by atoms with van der Waals surface area (Å²) in [5.74, 6) is 0.164. The van der Waals surface area contributed by atoms with E-state index in [0.717, 1.165) is 57.0 Å². The third kappa shape index (κ3) is 7.19. The second kappa shape index (κ2) is 14.6. The summed E-state index contributed by atoms with van der Waals surface area (Å²) in [6.07, 6.45) is 0. The van der Waals surface area contributed by atoms with Gasteiger partial charge in [-0.05, 0) is 113 Å². The molecule has 0 fully saturated rings. The number of anilines is 4. The van der Waals surface area contributed by atoms with Gasteiger partial charge in [0.15, 0.2) is 0 Å². The van der Waals surface area contributed by atoms with Gasteiger partial charge < -0.3 is 20.4 Å². The molecule has 13 heteroatoms. The van der Waals surface area contributed by atoms with Crippen LogP contribution in [0.5, 0.6) is 0 Å². The molecular formula is C41H44N4O7S2. The number of hydrogen-bond donors (Lipinski definition) is 5. The third-order valence-electron chi connectivity index (χ3n) is 9.63. The van der Waals surface area contributed by atoms with Crippen LogP contribution in [0.1, 0.15) is 47.2 Å². The van der Waals surface area contributed by atoms with Crippen molar-refractivity contribution in [2.45, 2.75) is 65.2 Å². The maximum atomic E-state index is 13.1. The van der Waals surface area contributed by atoms with E-state index < -0.39 is 25.1 Å². The van der Waals surface area contributed by atoms with Gasteiger partial charge in [0.05, 0.1) is 11.0 Å². The Labute approximate surface area is 316 Å².